The third-order valence-electron chi connectivity index (χ3n) is 5.12. The molecule has 0 aromatic heterocycles. The Morgan fingerprint density at radius 1 is 1.04 bits per heavy atom. The summed E-state index contributed by atoms with van der Waals surface area (Å²) in [5, 5.41) is 5.92. The topological polar surface area (TPSA) is 64.7 Å². The van der Waals surface area contributed by atoms with Gasteiger partial charge in [-0.05, 0) is 37.0 Å². The molecule has 2 N–H and O–H groups in total. The van der Waals surface area contributed by atoms with Crippen LogP contribution in [-0.2, 0) is 9.59 Å². The van der Waals surface area contributed by atoms with Crippen LogP contribution in [0.1, 0.15) is 45.6 Å². The molecule has 6 nitrogen and oxygen atoms in total. The second-order valence-electron chi connectivity index (χ2n) is 7.60. The predicted molar refractivity (Wildman–Crippen MR) is 110 cm³/mol. The van der Waals surface area contributed by atoms with Gasteiger partial charge in [-0.3, -0.25) is 19.4 Å². The summed E-state index contributed by atoms with van der Waals surface area (Å²) >= 11 is 0. The highest BCUT2D eigenvalue weighted by Crippen LogP contribution is 2.17. The van der Waals surface area contributed by atoms with E-state index >= 15 is 0 Å². The number of carbonyl (C=O) groups excluding carboxylic acids is 2. The zero-order valence-corrected chi connectivity index (χ0v) is 17.1. The summed E-state index contributed by atoms with van der Waals surface area (Å²) in [6.45, 7) is 12.7. The molecule has 0 spiro atoms. The van der Waals surface area contributed by atoms with Crippen LogP contribution in [-0.4, -0.2) is 66.9 Å². The maximum atomic E-state index is 12.6. The molecule has 0 aliphatic carbocycles. The standard InChI is InChI=1S/C21H34N4O2/c1-5-10-22-20(26)15-24-11-13-25(14-12-24)17(4)21(27)23-19-8-6-18(7-9-19)16(2)3/h6-9,16-17H,5,10-15H2,1-4H3,(H,22,26)(H,23,27)/t17-/m0/s1. The number of carbonyl (C=O) groups is 2. The van der Waals surface area contributed by atoms with Crippen LogP contribution in [0, 0.1) is 0 Å². The first-order valence-corrected chi connectivity index (χ1v) is 10.0. The van der Waals surface area contributed by atoms with Crippen molar-refractivity contribution in [3.05, 3.63) is 29.8 Å². The van der Waals surface area contributed by atoms with Gasteiger partial charge in [0.2, 0.25) is 11.8 Å². The Morgan fingerprint density at radius 3 is 2.22 bits per heavy atom. The van der Waals surface area contributed by atoms with Crippen molar-refractivity contribution < 1.29 is 9.59 Å². The minimum Gasteiger partial charge on any atom is -0.355 e. The van der Waals surface area contributed by atoms with E-state index in [4.69, 9.17) is 0 Å². The summed E-state index contributed by atoms with van der Waals surface area (Å²) in [6, 6.07) is 7.87. The third-order valence-corrected chi connectivity index (χ3v) is 5.12. The molecule has 1 heterocycles. The fourth-order valence-corrected chi connectivity index (χ4v) is 3.20. The van der Waals surface area contributed by atoms with E-state index in [-0.39, 0.29) is 17.9 Å². The molecule has 1 aromatic rings. The van der Waals surface area contributed by atoms with Gasteiger partial charge in [0.25, 0.3) is 0 Å². The fourth-order valence-electron chi connectivity index (χ4n) is 3.20. The molecule has 27 heavy (non-hydrogen) atoms. The molecule has 6 heteroatoms. The van der Waals surface area contributed by atoms with Gasteiger partial charge in [-0.25, -0.2) is 0 Å². The van der Waals surface area contributed by atoms with Crippen molar-refractivity contribution in [2.24, 2.45) is 0 Å². The highest BCUT2D eigenvalue weighted by molar-refractivity contribution is 5.94. The first kappa shape index (κ1) is 21.4. The second kappa shape index (κ2) is 10.4. The van der Waals surface area contributed by atoms with Crippen molar-refractivity contribution in [1.82, 2.24) is 15.1 Å². The molecule has 1 aliphatic heterocycles. The average molecular weight is 375 g/mol. The summed E-state index contributed by atoms with van der Waals surface area (Å²) in [7, 11) is 0. The molecular weight excluding hydrogens is 340 g/mol. The van der Waals surface area contributed by atoms with Crippen LogP contribution >= 0.6 is 0 Å². The Balaban J connectivity index is 1.78. The van der Waals surface area contributed by atoms with Gasteiger partial charge in [0.15, 0.2) is 0 Å². The molecule has 2 amide bonds. The summed E-state index contributed by atoms with van der Waals surface area (Å²) < 4.78 is 0. The van der Waals surface area contributed by atoms with E-state index in [0.29, 0.717) is 12.5 Å². The van der Waals surface area contributed by atoms with E-state index < -0.39 is 0 Å². The minimum absolute atomic E-state index is 0.0152. The van der Waals surface area contributed by atoms with E-state index in [1.54, 1.807) is 0 Å². The summed E-state index contributed by atoms with van der Waals surface area (Å²) in [4.78, 5) is 28.7. The van der Waals surface area contributed by atoms with Gasteiger partial charge in [-0.2, -0.15) is 0 Å². The molecule has 0 bridgehead atoms. The Morgan fingerprint density at radius 2 is 1.67 bits per heavy atom. The van der Waals surface area contributed by atoms with Crippen LogP contribution < -0.4 is 10.6 Å². The molecule has 1 aliphatic rings. The largest absolute Gasteiger partial charge is 0.355 e. The molecule has 1 fully saturated rings. The third kappa shape index (κ3) is 6.63. The van der Waals surface area contributed by atoms with Crippen LogP contribution in [0.5, 0.6) is 0 Å². The Hall–Kier alpha value is -1.92. The number of nitrogens with zero attached hydrogens (tertiary/aromatic N) is 2. The smallest absolute Gasteiger partial charge is 0.241 e. The Labute approximate surface area is 163 Å². The normalized spacial score (nSPS) is 16.9. The van der Waals surface area contributed by atoms with Crippen molar-refractivity contribution in [3.8, 4) is 0 Å². The van der Waals surface area contributed by atoms with Crippen LogP contribution in [0.15, 0.2) is 24.3 Å². The molecule has 0 unspecified atom stereocenters. The van der Waals surface area contributed by atoms with Gasteiger partial charge in [-0.15, -0.1) is 0 Å². The van der Waals surface area contributed by atoms with E-state index in [0.717, 1.165) is 44.8 Å². The van der Waals surface area contributed by atoms with E-state index in [9.17, 15) is 9.59 Å². The van der Waals surface area contributed by atoms with Gasteiger partial charge in [-0.1, -0.05) is 32.9 Å². The summed E-state index contributed by atoms with van der Waals surface area (Å²) in [5.41, 5.74) is 2.10. The van der Waals surface area contributed by atoms with Crippen molar-refractivity contribution in [2.45, 2.75) is 46.1 Å². The lowest BCUT2D eigenvalue weighted by atomic mass is 10.0. The van der Waals surface area contributed by atoms with Gasteiger partial charge >= 0.3 is 0 Å². The number of hydrogen-bond donors (Lipinski definition) is 2. The highest BCUT2D eigenvalue weighted by Gasteiger charge is 2.26. The molecule has 1 saturated heterocycles. The van der Waals surface area contributed by atoms with E-state index in [1.807, 2.05) is 26.0 Å². The number of amides is 2. The molecular formula is C21H34N4O2. The molecule has 0 saturated carbocycles. The lowest BCUT2D eigenvalue weighted by Crippen LogP contribution is -2.54. The van der Waals surface area contributed by atoms with Crippen molar-refractivity contribution in [1.29, 1.82) is 0 Å². The monoisotopic (exact) mass is 374 g/mol. The predicted octanol–water partition coefficient (Wildman–Crippen LogP) is 2.28. The van der Waals surface area contributed by atoms with Crippen LogP contribution in [0.2, 0.25) is 0 Å². The number of rotatable bonds is 8. The molecule has 1 atom stereocenters. The summed E-state index contributed by atoms with van der Waals surface area (Å²) in [6.07, 6.45) is 0.951. The second-order valence-corrected chi connectivity index (χ2v) is 7.60. The van der Waals surface area contributed by atoms with Crippen molar-refractivity contribution >= 4 is 17.5 Å². The van der Waals surface area contributed by atoms with Gasteiger partial charge in [0.1, 0.15) is 0 Å². The maximum absolute atomic E-state index is 12.6. The number of anilines is 1. The number of nitrogens with one attached hydrogen (secondary N) is 2. The van der Waals surface area contributed by atoms with Crippen LogP contribution in [0.25, 0.3) is 0 Å². The quantitative estimate of drug-likeness (QED) is 0.733. The van der Waals surface area contributed by atoms with Crippen molar-refractivity contribution in [3.63, 3.8) is 0 Å². The average Bonchev–Trinajstić information content (AvgIpc) is 2.66. The number of benzene rings is 1. The van der Waals surface area contributed by atoms with E-state index in [2.05, 4.69) is 46.4 Å². The van der Waals surface area contributed by atoms with Crippen LogP contribution in [0.4, 0.5) is 5.69 Å². The van der Waals surface area contributed by atoms with Gasteiger partial charge < -0.3 is 10.6 Å². The van der Waals surface area contributed by atoms with Crippen LogP contribution in [0.3, 0.4) is 0 Å². The number of piperazine rings is 1. The lowest BCUT2D eigenvalue weighted by Gasteiger charge is -2.37. The molecule has 1 aromatic carbocycles. The first-order valence-electron chi connectivity index (χ1n) is 10.0. The Bertz CT molecular complexity index is 607. The molecule has 0 radical (unpaired) electrons. The SMILES string of the molecule is CCCNC(=O)CN1CCN([C@@H](C)C(=O)Nc2ccc(C(C)C)cc2)CC1. The first-order chi connectivity index (χ1) is 12.9. The lowest BCUT2D eigenvalue weighted by molar-refractivity contribution is -0.124. The molecule has 2 rings (SSSR count). The Kier molecular flexibility index (Phi) is 8.25. The van der Waals surface area contributed by atoms with E-state index in [1.165, 1.54) is 5.56 Å². The zero-order chi connectivity index (χ0) is 19.8. The fraction of sp³-hybridized carbons (Fsp3) is 0.619. The zero-order valence-electron chi connectivity index (χ0n) is 17.1. The highest BCUT2D eigenvalue weighted by atomic mass is 16.2. The summed E-state index contributed by atoms with van der Waals surface area (Å²) in [5.74, 6) is 0.580. The molecule has 150 valence electrons. The van der Waals surface area contributed by atoms with Gasteiger partial charge in [0.05, 0.1) is 12.6 Å². The number of hydrogen-bond acceptors (Lipinski definition) is 4. The van der Waals surface area contributed by atoms with Crippen molar-refractivity contribution in [2.75, 3.05) is 44.6 Å². The maximum Gasteiger partial charge on any atom is 0.241 e. The van der Waals surface area contributed by atoms with Gasteiger partial charge in [0, 0.05) is 38.4 Å². The minimum atomic E-state index is -0.189.